The van der Waals surface area contributed by atoms with E-state index in [-0.39, 0.29) is 23.1 Å². The third-order valence-corrected chi connectivity index (χ3v) is 4.94. The number of halogens is 1. The molecule has 1 atom stereocenters. The monoisotopic (exact) mass is 404 g/mol. The Hall–Kier alpha value is -2.90. The van der Waals surface area contributed by atoms with E-state index in [2.05, 4.69) is 6.92 Å². The molecule has 2 aliphatic heterocycles. The number of allylic oxidation sites excluding steroid dienone is 1. The Morgan fingerprint density at radius 3 is 2.45 bits per heavy atom. The van der Waals surface area contributed by atoms with E-state index in [0.29, 0.717) is 22.7 Å². The van der Waals surface area contributed by atoms with Gasteiger partial charge in [-0.05, 0) is 38.8 Å². The number of benzene rings is 1. The topological polar surface area (TPSA) is 76.2 Å². The summed E-state index contributed by atoms with van der Waals surface area (Å²) in [4.78, 5) is 39.6. The van der Waals surface area contributed by atoms with Crippen LogP contribution in [0, 0.1) is 5.82 Å². The van der Waals surface area contributed by atoms with Gasteiger partial charge in [0.2, 0.25) is 0 Å². The molecule has 3 rings (SSSR count). The van der Waals surface area contributed by atoms with Crippen LogP contribution >= 0.6 is 0 Å². The van der Waals surface area contributed by atoms with Crippen LogP contribution in [0.15, 0.2) is 23.5 Å². The van der Waals surface area contributed by atoms with Crippen molar-refractivity contribution in [3.05, 3.63) is 29.3 Å². The number of carbonyl (C=O) groups is 3. The summed E-state index contributed by atoms with van der Waals surface area (Å²) in [5.74, 6) is -1.70. The van der Waals surface area contributed by atoms with Crippen molar-refractivity contribution in [1.29, 1.82) is 0 Å². The highest BCUT2D eigenvalue weighted by Gasteiger charge is 2.41. The molecule has 0 aliphatic carbocycles. The maximum Gasteiger partial charge on any atom is 0.427 e. The van der Waals surface area contributed by atoms with Crippen LogP contribution in [-0.4, -0.2) is 30.6 Å². The number of amides is 3. The number of cyclic esters (lactones) is 1. The van der Waals surface area contributed by atoms with Crippen molar-refractivity contribution in [3.8, 4) is 5.75 Å². The van der Waals surface area contributed by atoms with Crippen molar-refractivity contribution in [2.45, 2.75) is 59.5 Å². The molecule has 1 saturated heterocycles. The first-order chi connectivity index (χ1) is 13.8. The van der Waals surface area contributed by atoms with Gasteiger partial charge in [0.25, 0.3) is 5.91 Å². The van der Waals surface area contributed by atoms with Gasteiger partial charge in [0.15, 0.2) is 17.7 Å². The zero-order valence-corrected chi connectivity index (χ0v) is 17.1. The lowest BCUT2D eigenvalue weighted by molar-refractivity contribution is -0.125. The maximum absolute atomic E-state index is 14.8. The molecule has 1 aromatic carbocycles. The summed E-state index contributed by atoms with van der Waals surface area (Å²) in [6.07, 6.45) is 2.14. The molecule has 1 aromatic rings. The normalized spacial score (nSPS) is 18.7. The number of anilines is 2. The van der Waals surface area contributed by atoms with Crippen LogP contribution in [0.1, 0.15) is 53.4 Å². The van der Waals surface area contributed by atoms with Crippen molar-refractivity contribution < 1.29 is 28.2 Å². The van der Waals surface area contributed by atoms with E-state index >= 15 is 0 Å². The van der Waals surface area contributed by atoms with Crippen molar-refractivity contribution in [3.63, 3.8) is 0 Å². The first-order valence-electron chi connectivity index (χ1n) is 9.81. The fraction of sp³-hybridized carbons (Fsp3) is 0.476. The molecular weight excluding hydrogens is 379 g/mol. The Labute approximate surface area is 169 Å². The molecule has 2 heterocycles. The van der Waals surface area contributed by atoms with Gasteiger partial charge >= 0.3 is 12.0 Å². The lowest BCUT2D eigenvalue weighted by atomic mass is 10.1. The molecule has 0 saturated carbocycles. The fourth-order valence-corrected chi connectivity index (χ4v) is 3.40. The summed E-state index contributed by atoms with van der Waals surface area (Å²) in [6, 6.07) is 2.41. The first kappa shape index (κ1) is 20.8. The molecule has 29 heavy (non-hydrogen) atoms. The molecule has 7 nitrogen and oxygen atoms in total. The summed E-state index contributed by atoms with van der Waals surface area (Å²) in [5.41, 5.74) is 0.584. The molecule has 0 aromatic heterocycles. The highest BCUT2D eigenvalue weighted by atomic mass is 19.1. The molecule has 1 fully saturated rings. The van der Waals surface area contributed by atoms with Crippen molar-refractivity contribution in [2.75, 3.05) is 16.3 Å². The van der Waals surface area contributed by atoms with E-state index in [0.717, 1.165) is 31.7 Å². The Morgan fingerprint density at radius 1 is 1.10 bits per heavy atom. The zero-order chi connectivity index (χ0) is 21.3. The number of hydrogen-bond acceptors (Lipinski definition) is 5. The van der Waals surface area contributed by atoms with Crippen LogP contribution < -0.4 is 14.5 Å². The van der Waals surface area contributed by atoms with Crippen LogP contribution in [0.5, 0.6) is 5.75 Å². The van der Waals surface area contributed by atoms with Gasteiger partial charge in [-0.1, -0.05) is 26.2 Å². The molecule has 3 amide bonds. The predicted octanol–water partition coefficient (Wildman–Crippen LogP) is 4.30. The van der Waals surface area contributed by atoms with Gasteiger partial charge < -0.3 is 14.4 Å². The zero-order valence-electron chi connectivity index (χ0n) is 17.1. The minimum absolute atomic E-state index is 0.121. The largest absolute Gasteiger partial charge is 0.479 e. The van der Waals surface area contributed by atoms with Crippen LogP contribution in [0.3, 0.4) is 0 Å². The first-order valence-corrected chi connectivity index (χ1v) is 9.81. The van der Waals surface area contributed by atoms with Gasteiger partial charge in [-0.3, -0.25) is 9.59 Å². The van der Waals surface area contributed by atoms with E-state index in [1.165, 1.54) is 11.0 Å². The van der Waals surface area contributed by atoms with Gasteiger partial charge in [-0.2, -0.15) is 0 Å². The van der Waals surface area contributed by atoms with Crippen LogP contribution in [0.2, 0.25) is 0 Å². The van der Waals surface area contributed by atoms with E-state index in [4.69, 9.17) is 9.47 Å². The number of carbonyl (C=O) groups excluding carboxylic acids is 3. The Kier molecular flexibility index (Phi) is 5.91. The molecule has 0 spiro atoms. The predicted molar refractivity (Wildman–Crippen MR) is 105 cm³/mol. The molecule has 156 valence electrons. The van der Waals surface area contributed by atoms with Crippen LogP contribution in [-0.2, 0) is 14.3 Å². The van der Waals surface area contributed by atoms with E-state index in [9.17, 15) is 18.8 Å². The number of fused-ring (bicyclic) bond motifs is 1. The number of unbranched alkanes of at least 4 members (excludes halogenated alkanes) is 3. The highest BCUT2D eigenvalue weighted by molar-refractivity contribution is 6.24. The summed E-state index contributed by atoms with van der Waals surface area (Å²) < 4.78 is 25.4. The summed E-state index contributed by atoms with van der Waals surface area (Å²) in [6.45, 7) is 7.40. The number of ether oxygens (including phenoxy) is 2. The van der Waals surface area contributed by atoms with E-state index in [1.807, 2.05) is 0 Å². The van der Waals surface area contributed by atoms with Crippen molar-refractivity contribution >= 4 is 29.3 Å². The average molecular weight is 404 g/mol. The SMILES string of the molecule is CCCCCCN1C(=O)C(C)Oc2cc(F)c(N3C(=O)OC(=C(C)C)C3=O)cc21. The average Bonchev–Trinajstić information content (AvgIpc) is 2.96. The van der Waals surface area contributed by atoms with E-state index < -0.39 is 23.9 Å². The van der Waals surface area contributed by atoms with Crippen molar-refractivity contribution in [1.82, 2.24) is 0 Å². The van der Waals surface area contributed by atoms with Gasteiger partial charge in [0.05, 0.1) is 11.4 Å². The minimum atomic E-state index is -0.976. The fourth-order valence-electron chi connectivity index (χ4n) is 3.40. The number of nitrogens with zero attached hydrogens (tertiary/aromatic N) is 2. The second kappa shape index (κ2) is 8.23. The number of rotatable bonds is 6. The lowest BCUT2D eigenvalue weighted by Crippen LogP contribution is -2.45. The highest BCUT2D eigenvalue weighted by Crippen LogP contribution is 2.40. The molecule has 0 radical (unpaired) electrons. The summed E-state index contributed by atoms with van der Waals surface area (Å²) in [5, 5.41) is 0. The van der Waals surface area contributed by atoms with Crippen LogP contribution in [0.4, 0.5) is 20.6 Å². The number of hydrogen-bond donors (Lipinski definition) is 0. The van der Waals surface area contributed by atoms with Gasteiger partial charge in [-0.25, -0.2) is 14.1 Å². The van der Waals surface area contributed by atoms with Crippen molar-refractivity contribution in [2.24, 2.45) is 0 Å². The smallest absolute Gasteiger partial charge is 0.427 e. The Morgan fingerprint density at radius 2 is 1.83 bits per heavy atom. The quantitative estimate of drug-likeness (QED) is 0.522. The Bertz CT molecular complexity index is 891. The molecule has 1 unspecified atom stereocenters. The lowest BCUT2D eigenvalue weighted by Gasteiger charge is -2.33. The second-order valence-corrected chi connectivity index (χ2v) is 7.42. The Balaban J connectivity index is 2.00. The third kappa shape index (κ3) is 3.83. The standard InChI is InChI=1S/C21H25FN2O5/c1-5-6-7-8-9-23-16-11-15(14(22)10-17(16)28-13(4)19(23)25)24-20(26)18(12(2)3)29-21(24)27/h10-11,13H,5-9H2,1-4H3. The molecule has 0 bridgehead atoms. The molecular formula is C21H25FN2O5. The van der Waals surface area contributed by atoms with E-state index in [1.54, 1.807) is 20.8 Å². The maximum atomic E-state index is 14.8. The molecule has 0 N–H and O–H groups in total. The van der Waals surface area contributed by atoms with Crippen LogP contribution in [0.25, 0.3) is 0 Å². The van der Waals surface area contributed by atoms with Gasteiger partial charge in [0.1, 0.15) is 5.75 Å². The van der Waals surface area contributed by atoms with Gasteiger partial charge in [0, 0.05) is 12.6 Å². The second-order valence-electron chi connectivity index (χ2n) is 7.42. The summed E-state index contributed by atoms with van der Waals surface area (Å²) in [7, 11) is 0. The molecule has 2 aliphatic rings. The number of imide groups is 1. The molecule has 8 heteroatoms. The third-order valence-electron chi connectivity index (χ3n) is 4.94. The van der Waals surface area contributed by atoms with Gasteiger partial charge in [-0.15, -0.1) is 0 Å². The summed E-state index contributed by atoms with van der Waals surface area (Å²) >= 11 is 0. The minimum Gasteiger partial charge on any atom is -0.479 e.